The molecular formula is C20H29NO4. The van der Waals surface area contributed by atoms with Crippen LogP contribution >= 0.6 is 0 Å². The van der Waals surface area contributed by atoms with Gasteiger partial charge in [0.1, 0.15) is 18.1 Å². The predicted molar refractivity (Wildman–Crippen MR) is 98.2 cm³/mol. The van der Waals surface area contributed by atoms with Crippen LogP contribution in [0.5, 0.6) is 11.5 Å². The van der Waals surface area contributed by atoms with Gasteiger partial charge in [0.25, 0.3) is 0 Å². The number of hydrogen-bond acceptors (Lipinski definition) is 5. The number of nitrogens with zero attached hydrogens (tertiary/aromatic N) is 1. The fourth-order valence-electron chi connectivity index (χ4n) is 3.08. The van der Waals surface area contributed by atoms with E-state index in [0.717, 1.165) is 56.0 Å². The van der Waals surface area contributed by atoms with Gasteiger partial charge in [0.15, 0.2) is 0 Å². The van der Waals surface area contributed by atoms with Crippen LogP contribution in [0.4, 0.5) is 0 Å². The molecule has 5 heteroatoms. The highest BCUT2D eigenvalue weighted by atomic mass is 16.5. The number of esters is 1. The zero-order chi connectivity index (χ0) is 18.1. The zero-order valence-electron chi connectivity index (χ0n) is 15.3. The Morgan fingerprint density at radius 3 is 2.76 bits per heavy atom. The average Bonchev–Trinajstić information content (AvgIpc) is 2.64. The summed E-state index contributed by atoms with van der Waals surface area (Å²) in [4.78, 5) is 14.1. The number of methoxy groups -OCH3 is 1. The highest BCUT2D eigenvalue weighted by Gasteiger charge is 2.25. The topological polar surface area (TPSA) is 48.0 Å². The maximum absolute atomic E-state index is 11.8. The largest absolute Gasteiger partial charge is 0.497 e. The first-order valence-electron chi connectivity index (χ1n) is 8.97. The molecule has 1 aliphatic rings. The van der Waals surface area contributed by atoms with Crippen molar-refractivity contribution < 1.29 is 19.0 Å². The number of allylic oxidation sites excluding steroid dienone is 1. The van der Waals surface area contributed by atoms with Crippen molar-refractivity contribution in [3.63, 3.8) is 0 Å². The number of carbonyl (C=O) groups excluding carboxylic acids is 1. The molecule has 0 atom stereocenters. The lowest BCUT2D eigenvalue weighted by Gasteiger charge is -2.30. The number of piperidine rings is 1. The highest BCUT2D eigenvalue weighted by Crippen LogP contribution is 2.25. The number of benzene rings is 1. The molecule has 0 radical (unpaired) electrons. The summed E-state index contributed by atoms with van der Waals surface area (Å²) < 4.78 is 16.3. The van der Waals surface area contributed by atoms with Crippen LogP contribution in [0.1, 0.15) is 25.3 Å². The molecule has 1 aliphatic heterocycles. The van der Waals surface area contributed by atoms with Crippen LogP contribution in [-0.4, -0.2) is 50.8 Å². The second-order valence-corrected chi connectivity index (χ2v) is 6.18. The van der Waals surface area contributed by atoms with Gasteiger partial charge < -0.3 is 14.2 Å². The van der Waals surface area contributed by atoms with Crippen molar-refractivity contribution in [2.24, 2.45) is 5.92 Å². The minimum Gasteiger partial charge on any atom is -0.497 e. The fraction of sp³-hybridized carbons (Fsp3) is 0.550. The quantitative estimate of drug-likeness (QED) is 0.507. The molecule has 1 saturated heterocycles. The lowest BCUT2D eigenvalue weighted by molar-refractivity contribution is -0.149. The van der Waals surface area contributed by atoms with E-state index in [2.05, 4.69) is 11.5 Å². The summed E-state index contributed by atoms with van der Waals surface area (Å²) in [5.74, 6) is 1.70. The Kier molecular flexibility index (Phi) is 7.79. The van der Waals surface area contributed by atoms with E-state index in [1.165, 1.54) is 0 Å². The summed E-state index contributed by atoms with van der Waals surface area (Å²) in [5.41, 5.74) is 1.08. The molecule has 0 spiro atoms. The van der Waals surface area contributed by atoms with Crippen molar-refractivity contribution in [3.8, 4) is 11.5 Å². The maximum Gasteiger partial charge on any atom is 0.309 e. The smallest absolute Gasteiger partial charge is 0.309 e. The standard InChI is InChI=1S/C20H29NO4/c1-4-6-17-15-18(23-3)7-8-19(17)25-14-13-21-11-9-16(10-12-21)20(22)24-5-2/h4,7-8,15-16H,1,5-6,9-14H2,2-3H3. The molecule has 0 bridgehead atoms. The van der Waals surface area contributed by atoms with Crippen LogP contribution in [0.15, 0.2) is 30.9 Å². The number of ether oxygens (including phenoxy) is 3. The summed E-state index contributed by atoms with van der Waals surface area (Å²) >= 11 is 0. The first-order chi connectivity index (χ1) is 12.2. The van der Waals surface area contributed by atoms with E-state index in [1.54, 1.807) is 7.11 Å². The monoisotopic (exact) mass is 347 g/mol. The lowest BCUT2D eigenvalue weighted by Crippen LogP contribution is -2.39. The molecular weight excluding hydrogens is 318 g/mol. The number of carbonyl (C=O) groups is 1. The van der Waals surface area contributed by atoms with Crippen molar-refractivity contribution in [3.05, 3.63) is 36.4 Å². The van der Waals surface area contributed by atoms with Gasteiger partial charge in [-0.25, -0.2) is 0 Å². The van der Waals surface area contributed by atoms with Crippen LogP contribution < -0.4 is 9.47 Å². The summed E-state index contributed by atoms with van der Waals surface area (Å²) in [6.45, 7) is 9.41. The third kappa shape index (κ3) is 5.78. The molecule has 1 aromatic rings. The Bertz CT molecular complexity index is 565. The predicted octanol–water partition coefficient (Wildman–Crippen LogP) is 3.08. The van der Waals surface area contributed by atoms with Gasteiger partial charge in [0.2, 0.25) is 0 Å². The van der Waals surface area contributed by atoms with E-state index in [0.29, 0.717) is 13.2 Å². The summed E-state index contributed by atoms with van der Waals surface area (Å²) in [5, 5.41) is 0. The van der Waals surface area contributed by atoms with Crippen molar-refractivity contribution >= 4 is 5.97 Å². The fourth-order valence-corrected chi connectivity index (χ4v) is 3.08. The van der Waals surface area contributed by atoms with Gasteiger partial charge in [0, 0.05) is 12.1 Å². The van der Waals surface area contributed by atoms with Gasteiger partial charge in [-0.15, -0.1) is 6.58 Å². The Labute approximate surface area is 150 Å². The number of likely N-dealkylation sites (tertiary alicyclic amines) is 1. The molecule has 5 nitrogen and oxygen atoms in total. The molecule has 0 aromatic heterocycles. The molecule has 0 aliphatic carbocycles. The molecule has 1 fully saturated rings. The Morgan fingerprint density at radius 1 is 1.36 bits per heavy atom. The van der Waals surface area contributed by atoms with Gasteiger partial charge in [-0.3, -0.25) is 9.69 Å². The van der Waals surface area contributed by atoms with Crippen molar-refractivity contribution in [2.75, 3.05) is 40.0 Å². The van der Waals surface area contributed by atoms with Crippen LogP contribution in [-0.2, 0) is 16.0 Å². The minimum absolute atomic E-state index is 0.0503. The molecule has 138 valence electrons. The van der Waals surface area contributed by atoms with Gasteiger partial charge in [-0.2, -0.15) is 0 Å². The molecule has 0 saturated carbocycles. The summed E-state index contributed by atoms with van der Waals surface area (Å²) in [7, 11) is 1.66. The van der Waals surface area contributed by atoms with Crippen LogP contribution in [0.2, 0.25) is 0 Å². The van der Waals surface area contributed by atoms with E-state index < -0.39 is 0 Å². The van der Waals surface area contributed by atoms with E-state index in [1.807, 2.05) is 31.2 Å². The van der Waals surface area contributed by atoms with Gasteiger partial charge in [-0.1, -0.05) is 6.08 Å². The first-order valence-corrected chi connectivity index (χ1v) is 8.97. The average molecular weight is 347 g/mol. The second kappa shape index (κ2) is 10.1. The van der Waals surface area contributed by atoms with E-state index in [9.17, 15) is 4.79 Å². The van der Waals surface area contributed by atoms with Crippen LogP contribution in [0.25, 0.3) is 0 Å². The SMILES string of the molecule is C=CCc1cc(OC)ccc1OCCN1CCC(C(=O)OCC)CC1. The van der Waals surface area contributed by atoms with Crippen molar-refractivity contribution in [1.82, 2.24) is 4.90 Å². The number of hydrogen-bond donors (Lipinski definition) is 0. The summed E-state index contributed by atoms with van der Waals surface area (Å²) in [6.07, 6.45) is 4.34. The van der Waals surface area contributed by atoms with E-state index >= 15 is 0 Å². The Balaban J connectivity index is 1.78. The first kappa shape index (κ1) is 19.3. The molecule has 0 amide bonds. The van der Waals surface area contributed by atoms with Gasteiger partial charge >= 0.3 is 5.97 Å². The van der Waals surface area contributed by atoms with E-state index in [-0.39, 0.29) is 11.9 Å². The molecule has 1 aromatic carbocycles. The molecule has 25 heavy (non-hydrogen) atoms. The lowest BCUT2D eigenvalue weighted by atomic mass is 9.97. The third-order valence-corrected chi connectivity index (χ3v) is 4.50. The molecule has 0 N–H and O–H groups in total. The minimum atomic E-state index is -0.0503. The molecule has 2 rings (SSSR count). The van der Waals surface area contributed by atoms with Crippen LogP contribution in [0.3, 0.4) is 0 Å². The van der Waals surface area contributed by atoms with Crippen molar-refractivity contribution in [1.29, 1.82) is 0 Å². The molecule has 0 unspecified atom stereocenters. The normalized spacial score (nSPS) is 15.6. The third-order valence-electron chi connectivity index (χ3n) is 4.50. The second-order valence-electron chi connectivity index (χ2n) is 6.18. The number of rotatable bonds is 9. The van der Waals surface area contributed by atoms with E-state index in [4.69, 9.17) is 14.2 Å². The van der Waals surface area contributed by atoms with Gasteiger partial charge in [0.05, 0.1) is 19.6 Å². The maximum atomic E-state index is 11.8. The Morgan fingerprint density at radius 2 is 2.12 bits per heavy atom. The molecule has 1 heterocycles. The highest BCUT2D eigenvalue weighted by molar-refractivity contribution is 5.72. The van der Waals surface area contributed by atoms with Gasteiger partial charge in [-0.05, 0) is 57.5 Å². The van der Waals surface area contributed by atoms with Crippen LogP contribution in [0, 0.1) is 5.92 Å². The Hall–Kier alpha value is -2.01. The summed E-state index contributed by atoms with van der Waals surface area (Å²) in [6, 6.07) is 5.85. The van der Waals surface area contributed by atoms with Crippen molar-refractivity contribution in [2.45, 2.75) is 26.2 Å². The zero-order valence-corrected chi connectivity index (χ0v) is 15.3.